The van der Waals surface area contributed by atoms with Gasteiger partial charge in [-0.3, -0.25) is 9.59 Å². The Morgan fingerprint density at radius 1 is 1.14 bits per heavy atom. The van der Waals surface area contributed by atoms with Crippen LogP contribution in [-0.4, -0.2) is 67.9 Å². The van der Waals surface area contributed by atoms with Crippen molar-refractivity contribution in [2.75, 3.05) is 25.4 Å². The highest BCUT2D eigenvalue weighted by molar-refractivity contribution is 7.91. The standard InChI is InChI=1S/C24H34F3N3O4S/c1-14(2)30-11-17-9-21(20(19(17)12-30)13-35(33,34)15(3)4)29-22(31)10-28-23(32)16-6-5-7-18(8-16)24(25,26)27/h5-8,14-15,17,19-21H,9-13H2,1-4H3,(H,28,32)(H,29,31). The second-order valence-corrected chi connectivity index (χ2v) is 12.8. The fourth-order valence-electron chi connectivity index (χ4n) is 5.11. The molecule has 1 aliphatic carbocycles. The molecule has 1 aromatic carbocycles. The Kier molecular flexibility index (Phi) is 8.20. The first kappa shape index (κ1) is 27.4. The first-order valence-electron chi connectivity index (χ1n) is 11.9. The van der Waals surface area contributed by atoms with Crippen molar-refractivity contribution in [2.45, 2.75) is 57.6 Å². The number of hydrogen-bond donors (Lipinski definition) is 2. The van der Waals surface area contributed by atoms with E-state index in [0.29, 0.717) is 12.5 Å². The Hall–Kier alpha value is -2.14. The lowest BCUT2D eigenvalue weighted by atomic mass is 9.93. The predicted octanol–water partition coefficient (Wildman–Crippen LogP) is 2.72. The van der Waals surface area contributed by atoms with Gasteiger partial charge >= 0.3 is 6.18 Å². The van der Waals surface area contributed by atoms with E-state index in [1.807, 2.05) is 0 Å². The topological polar surface area (TPSA) is 95.6 Å². The van der Waals surface area contributed by atoms with Crippen molar-refractivity contribution in [1.82, 2.24) is 15.5 Å². The van der Waals surface area contributed by atoms with Gasteiger partial charge in [-0.25, -0.2) is 8.42 Å². The summed E-state index contributed by atoms with van der Waals surface area (Å²) in [5, 5.41) is 4.73. The molecule has 196 valence electrons. The number of nitrogens with zero attached hydrogens (tertiary/aromatic N) is 1. The summed E-state index contributed by atoms with van der Waals surface area (Å²) in [6.07, 6.45) is -3.93. The van der Waals surface area contributed by atoms with E-state index < -0.39 is 45.2 Å². The summed E-state index contributed by atoms with van der Waals surface area (Å²) in [6.45, 7) is 8.71. The average Bonchev–Trinajstić information content (AvgIpc) is 3.30. The van der Waals surface area contributed by atoms with Crippen molar-refractivity contribution in [2.24, 2.45) is 17.8 Å². The Morgan fingerprint density at radius 3 is 2.43 bits per heavy atom. The van der Waals surface area contributed by atoms with Crippen molar-refractivity contribution in [3.05, 3.63) is 35.4 Å². The van der Waals surface area contributed by atoms with Crippen LogP contribution in [-0.2, 0) is 20.8 Å². The van der Waals surface area contributed by atoms with Crippen molar-refractivity contribution >= 4 is 21.7 Å². The second kappa shape index (κ2) is 10.5. The minimum Gasteiger partial charge on any atom is -0.352 e. The average molecular weight is 518 g/mol. The van der Waals surface area contributed by atoms with Crippen LogP contribution in [0.5, 0.6) is 0 Å². The number of amides is 2. The molecule has 1 saturated heterocycles. The van der Waals surface area contributed by atoms with E-state index >= 15 is 0 Å². The highest BCUT2D eigenvalue weighted by Gasteiger charge is 2.50. The molecule has 2 fully saturated rings. The van der Waals surface area contributed by atoms with E-state index in [4.69, 9.17) is 0 Å². The molecule has 2 amide bonds. The summed E-state index contributed by atoms with van der Waals surface area (Å²) in [6, 6.07) is 3.99. The smallest absolute Gasteiger partial charge is 0.352 e. The molecule has 1 saturated carbocycles. The van der Waals surface area contributed by atoms with Gasteiger partial charge in [0.05, 0.1) is 23.1 Å². The lowest BCUT2D eigenvalue weighted by Crippen LogP contribution is -2.47. The van der Waals surface area contributed by atoms with Crippen LogP contribution in [0.15, 0.2) is 24.3 Å². The summed E-state index contributed by atoms with van der Waals surface area (Å²) >= 11 is 0. The maximum Gasteiger partial charge on any atom is 0.416 e. The molecule has 2 N–H and O–H groups in total. The maximum atomic E-state index is 12.9. The number of hydrogen-bond acceptors (Lipinski definition) is 5. The van der Waals surface area contributed by atoms with Crippen LogP contribution in [0.2, 0.25) is 0 Å². The van der Waals surface area contributed by atoms with Crippen LogP contribution in [0.1, 0.15) is 50.0 Å². The number of carbonyl (C=O) groups is 2. The molecule has 0 aromatic heterocycles. The van der Waals surface area contributed by atoms with Gasteiger partial charge in [0.15, 0.2) is 9.84 Å². The highest BCUT2D eigenvalue weighted by Crippen LogP contribution is 2.44. The normalized spacial score (nSPS) is 25.2. The summed E-state index contributed by atoms with van der Waals surface area (Å²) in [5.74, 6) is -1.12. The molecular weight excluding hydrogens is 483 g/mol. The summed E-state index contributed by atoms with van der Waals surface area (Å²) in [7, 11) is -3.34. The number of carbonyl (C=O) groups excluding carboxylic acids is 2. The number of halogens is 3. The van der Waals surface area contributed by atoms with Crippen LogP contribution >= 0.6 is 0 Å². The molecule has 7 nitrogen and oxygen atoms in total. The molecule has 0 bridgehead atoms. The zero-order valence-electron chi connectivity index (χ0n) is 20.4. The van der Waals surface area contributed by atoms with Gasteiger partial charge in [0.2, 0.25) is 5.91 Å². The number of nitrogens with one attached hydrogen (secondary N) is 2. The molecule has 1 heterocycles. The van der Waals surface area contributed by atoms with Crippen LogP contribution < -0.4 is 10.6 Å². The molecule has 4 atom stereocenters. The predicted molar refractivity (Wildman–Crippen MR) is 126 cm³/mol. The van der Waals surface area contributed by atoms with Crippen molar-refractivity contribution in [3.8, 4) is 0 Å². The maximum absolute atomic E-state index is 12.9. The first-order valence-corrected chi connectivity index (χ1v) is 13.6. The molecule has 4 unspecified atom stereocenters. The van der Waals surface area contributed by atoms with E-state index in [-0.39, 0.29) is 35.1 Å². The number of likely N-dealkylation sites (tertiary alicyclic amines) is 1. The van der Waals surface area contributed by atoms with Crippen LogP contribution in [0, 0.1) is 17.8 Å². The minimum absolute atomic E-state index is 0.0146. The molecular formula is C24H34F3N3O4S. The van der Waals surface area contributed by atoms with E-state index in [2.05, 4.69) is 29.4 Å². The third-order valence-corrected chi connectivity index (χ3v) is 9.51. The highest BCUT2D eigenvalue weighted by atomic mass is 32.2. The van der Waals surface area contributed by atoms with Gasteiger partial charge in [0, 0.05) is 30.7 Å². The lowest BCUT2D eigenvalue weighted by molar-refractivity contribution is -0.137. The summed E-state index contributed by atoms with van der Waals surface area (Å²) in [5.41, 5.74) is -1.14. The van der Waals surface area contributed by atoms with Gasteiger partial charge in [-0.1, -0.05) is 6.07 Å². The third kappa shape index (κ3) is 6.55. The van der Waals surface area contributed by atoms with E-state index in [1.54, 1.807) is 13.8 Å². The van der Waals surface area contributed by atoms with E-state index in [1.165, 1.54) is 6.07 Å². The largest absolute Gasteiger partial charge is 0.416 e. The van der Waals surface area contributed by atoms with Gasteiger partial charge in [-0.2, -0.15) is 13.2 Å². The lowest BCUT2D eigenvalue weighted by Gasteiger charge is -2.28. The molecule has 0 radical (unpaired) electrons. The van der Waals surface area contributed by atoms with Crippen LogP contribution in [0.4, 0.5) is 13.2 Å². The number of alkyl halides is 3. The van der Waals surface area contributed by atoms with Crippen LogP contribution in [0.3, 0.4) is 0 Å². The molecule has 2 aliphatic rings. The number of benzene rings is 1. The fraction of sp³-hybridized carbons (Fsp3) is 0.667. The molecule has 11 heteroatoms. The fourth-order valence-corrected chi connectivity index (χ4v) is 6.51. The molecule has 0 spiro atoms. The third-order valence-electron chi connectivity index (χ3n) is 7.22. The van der Waals surface area contributed by atoms with Gasteiger partial charge in [-0.05, 0) is 70.1 Å². The Balaban J connectivity index is 1.64. The summed E-state index contributed by atoms with van der Waals surface area (Å²) < 4.78 is 64.2. The second-order valence-electron chi connectivity index (χ2n) is 10.2. The number of rotatable bonds is 8. The van der Waals surface area contributed by atoms with Crippen molar-refractivity contribution in [1.29, 1.82) is 0 Å². The number of sulfone groups is 1. The van der Waals surface area contributed by atoms with Gasteiger partial charge < -0.3 is 15.5 Å². The summed E-state index contributed by atoms with van der Waals surface area (Å²) in [4.78, 5) is 27.3. The monoisotopic (exact) mass is 517 g/mol. The zero-order chi connectivity index (χ0) is 26.1. The SMILES string of the molecule is CC(C)N1CC2CC(NC(=O)CNC(=O)c3cccc(C(F)(F)F)c3)C(CS(=O)(=O)C(C)C)C2C1. The molecule has 1 aliphatic heterocycles. The Labute approximate surface area is 204 Å². The Bertz CT molecular complexity index is 1040. The van der Waals surface area contributed by atoms with E-state index in [0.717, 1.165) is 31.3 Å². The quantitative estimate of drug-likeness (QED) is 0.553. The van der Waals surface area contributed by atoms with Gasteiger partial charge in [0.25, 0.3) is 5.91 Å². The minimum atomic E-state index is -4.58. The zero-order valence-corrected chi connectivity index (χ0v) is 21.2. The molecule has 35 heavy (non-hydrogen) atoms. The van der Waals surface area contributed by atoms with E-state index in [9.17, 15) is 31.2 Å². The van der Waals surface area contributed by atoms with Gasteiger partial charge in [0.1, 0.15) is 0 Å². The molecule has 1 aromatic rings. The number of fused-ring (bicyclic) bond motifs is 1. The van der Waals surface area contributed by atoms with Crippen molar-refractivity contribution < 1.29 is 31.2 Å². The first-order chi connectivity index (χ1) is 16.2. The van der Waals surface area contributed by atoms with Gasteiger partial charge in [-0.15, -0.1) is 0 Å². The van der Waals surface area contributed by atoms with Crippen LogP contribution in [0.25, 0.3) is 0 Å². The van der Waals surface area contributed by atoms with Crippen molar-refractivity contribution in [3.63, 3.8) is 0 Å². The molecule has 3 rings (SSSR count). The Morgan fingerprint density at radius 2 is 1.83 bits per heavy atom.